The fourth-order valence-electron chi connectivity index (χ4n) is 2.32. The Hall–Kier alpha value is -1.95. The van der Waals surface area contributed by atoms with Gasteiger partial charge in [-0.25, -0.2) is 0 Å². The number of benzene rings is 1. The SMILES string of the molecule is CCC(CC)c1n[nH]c(=S)n1/N=C\c1ccc(N(C)C)cc1. The summed E-state index contributed by atoms with van der Waals surface area (Å²) in [5, 5.41) is 11.7. The van der Waals surface area contributed by atoms with Crippen LogP contribution in [0.5, 0.6) is 0 Å². The van der Waals surface area contributed by atoms with Crippen molar-refractivity contribution in [2.45, 2.75) is 32.6 Å². The molecule has 5 nitrogen and oxygen atoms in total. The minimum atomic E-state index is 0.362. The van der Waals surface area contributed by atoms with Crippen LogP contribution in [0.25, 0.3) is 0 Å². The summed E-state index contributed by atoms with van der Waals surface area (Å²) >= 11 is 5.28. The third-order valence-electron chi connectivity index (χ3n) is 3.76. The van der Waals surface area contributed by atoms with Crippen molar-refractivity contribution in [1.29, 1.82) is 0 Å². The third kappa shape index (κ3) is 3.62. The first-order chi connectivity index (χ1) is 10.6. The highest BCUT2D eigenvalue weighted by Gasteiger charge is 2.14. The summed E-state index contributed by atoms with van der Waals surface area (Å²) in [5.74, 6) is 1.26. The van der Waals surface area contributed by atoms with Crippen molar-refractivity contribution in [3.05, 3.63) is 40.4 Å². The van der Waals surface area contributed by atoms with Crippen LogP contribution in [0.1, 0.15) is 44.0 Å². The van der Waals surface area contributed by atoms with E-state index in [4.69, 9.17) is 12.2 Å². The molecule has 0 aliphatic carbocycles. The molecule has 0 bridgehead atoms. The zero-order valence-corrected chi connectivity index (χ0v) is 14.4. The molecule has 0 amide bonds. The molecule has 22 heavy (non-hydrogen) atoms. The molecule has 1 heterocycles. The molecule has 1 aromatic heterocycles. The van der Waals surface area contributed by atoms with Gasteiger partial charge in [0.2, 0.25) is 4.77 Å². The largest absolute Gasteiger partial charge is 0.378 e. The second kappa shape index (κ2) is 7.35. The molecule has 2 rings (SSSR count). The van der Waals surface area contributed by atoms with Crippen molar-refractivity contribution in [3.8, 4) is 0 Å². The molecule has 1 aromatic carbocycles. The van der Waals surface area contributed by atoms with Gasteiger partial charge in [0, 0.05) is 25.7 Å². The van der Waals surface area contributed by atoms with E-state index >= 15 is 0 Å². The van der Waals surface area contributed by atoms with Crippen molar-refractivity contribution in [3.63, 3.8) is 0 Å². The Bertz CT molecular complexity index is 677. The number of hydrogen-bond acceptors (Lipinski definition) is 4. The summed E-state index contributed by atoms with van der Waals surface area (Å²) in [4.78, 5) is 2.07. The van der Waals surface area contributed by atoms with E-state index in [1.807, 2.05) is 32.4 Å². The van der Waals surface area contributed by atoms with Crippen LogP contribution in [0.15, 0.2) is 29.4 Å². The third-order valence-corrected chi connectivity index (χ3v) is 4.02. The Morgan fingerprint density at radius 3 is 2.45 bits per heavy atom. The Balaban J connectivity index is 2.26. The first-order valence-electron chi connectivity index (χ1n) is 7.55. The van der Waals surface area contributed by atoms with Gasteiger partial charge in [-0.15, -0.1) is 0 Å². The molecule has 0 atom stereocenters. The first-order valence-corrected chi connectivity index (χ1v) is 7.96. The number of H-pyrrole nitrogens is 1. The average Bonchev–Trinajstić information content (AvgIpc) is 2.88. The van der Waals surface area contributed by atoms with E-state index in [1.165, 1.54) is 0 Å². The Labute approximate surface area is 136 Å². The lowest BCUT2D eigenvalue weighted by Gasteiger charge is -2.12. The predicted octanol–water partition coefficient (Wildman–Crippen LogP) is 3.79. The lowest BCUT2D eigenvalue weighted by molar-refractivity contribution is 0.571. The molecule has 6 heteroatoms. The molecule has 0 spiro atoms. The Kier molecular flexibility index (Phi) is 5.49. The lowest BCUT2D eigenvalue weighted by atomic mass is 10.0. The molecular weight excluding hydrogens is 294 g/mol. The van der Waals surface area contributed by atoms with Gasteiger partial charge < -0.3 is 4.90 Å². The second-order valence-corrected chi connectivity index (χ2v) is 5.83. The summed E-state index contributed by atoms with van der Waals surface area (Å²) in [6.45, 7) is 4.31. The van der Waals surface area contributed by atoms with E-state index in [0.29, 0.717) is 10.7 Å². The van der Waals surface area contributed by atoms with Crippen molar-refractivity contribution in [1.82, 2.24) is 14.9 Å². The number of nitrogens with one attached hydrogen (secondary N) is 1. The van der Waals surface area contributed by atoms with Crippen molar-refractivity contribution < 1.29 is 0 Å². The van der Waals surface area contributed by atoms with Crippen molar-refractivity contribution in [2.75, 3.05) is 19.0 Å². The zero-order valence-electron chi connectivity index (χ0n) is 13.6. The van der Waals surface area contributed by atoms with E-state index < -0.39 is 0 Å². The molecule has 0 fully saturated rings. The maximum Gasteiger partial charge on any atom is 0.216 e. The standard InChI is InChI=1S/C16H23N5S/c1-5-13(6-2)15-18-19-16(22)21(15)17-11-12-7-9-14(10-8-12)20(3)4/h7-11,13H,5-6H2,1-4H3,(H,19,22)/b17-11-. The van der Waals surface area contributed by atoms with E-state index in [0.717, 1.165) is 29.9 Å². The normalized spacial score (nSPS) is 11.5. The molecule has 0 aliphatic heterocycles. The molecule has 0 unspecified atom stereocenters. The van der Waals surface area contributed by atoms with Crippen molar-refractivity contribution >= 4 is 24.1 Å². The summed E-state index contributed by atoms with van der Waals surface area (Å²) in [7, 11) is 4.05. The number of anilines is 1. The Morgan fingerprint density at radius 2 is 1.91 bits per heavy atom. The van der Waals surface area contributed by atoms with Crippen LogP contribution in [0.4, 0.5) is 5.69 Å². The number of rotatable bonds is 6. The minimum absolute atomic E-state index is 0.362. The number of nitrogens with zero attached hydrogens (tertiary/aromatic N) is 4. The maximum atomic E-state index is 5.28. The van der Waals surface area contributed by atoms with Crippen LogP contribution < -0.4 is 4.90 Å². The van der Waals surface area contributed by atoms with E-state index in [2.05, 4.69) is 46.2 Å². The van der Waals surface area contributed by atoms with Gasteiger partial charge >= 0.3 is 0 Å². The molecule has 0 radical (unpaired) electrons. The average molecular weight is 317 g/mol. The molecule has 0 saturated heterocycles. The fraction of sp³-hybridized carbons (Fsp3) is 0.438. The summed E-state index contributed by atoms with van der Waals surface area (Å²) in [5.41, 5.74) is 2.19. The smallest absolute Gasteiger partial charge is 0.216 e. The number of aromatic amines is 1. The van der Waals surface area contributed by atoms with Gasteiger partial charge in [-0.2, -0.15) is 14.9 Å². The first kappa shape index (κ1) is 16.4. The van der Waals surface area contributed by atoms with E-state index in [1.54, 1.807) is 4.68 Å². The van der Waals surface area contributed by atoms with E-state index in [-0.39, 0.29) is 0 Å². The topological polar surface area (TPSA) is 49.2 Å². The number of hydrogen-bond donors (Lipinski definition) is 1. The monoisotopic (exact) mass is 317 g/mol. The van der Waals surface area contributed by atoms with Crippen LogP contribution in [0, 0.1) is 4.77 Å². The Morgan fingerprint density at radius 1 is 1.27 bits per heavy atom. The number of aromatic nitrogens is 3. The summed E-state index contributed by atoms with van der Waals surface area (Å²) in [6.07, 6.45) is 3.85. The molecule has 118 valence electrons. The molecular formula is C16H23N5S. The molecule has 0 aliphatic rings. The van der Waals surface area contributed by atoms with Gasteiger partial charge in [-0.1, -0.05) is 26.0 Å². The highest BCUT2D eigenvalue weighted by molar-refractivity contribution is 7.71. The van der Waals surface area contributed by atoms with Gasteiger partial charge in [0.05, 0.1) is 6.21 Å². The van der Waals surface area contributed by atoms with Crippen LogP contribution >= 0.6 is 12.2 Å². The highest BCUT2D eigenvalue weighted by atomic mass is 32.1. The van der Waals surface area contributed by atoms with Gasteiger partial charge in [0.15, 0.2) is 5.82 Å². The van der Waals surface area contributed by atoms with Gasteiger partial charge in [-0.3, -0.25) is 5.10 Å². The van der Waals surface area contributed by atoms with Gasteiger partial charge in [0.1, 0.15) is 0 Å². The minimum Gasteiger partial charge on any atom is -0.378 e. The lowest BCUT2D eigenvalue weighted by Crippen LogP contribution is -2.08. The van der Waals surface area contributed by atoms with Crippen LogP contribution in [0.3, 0.4) is 0 Å². The predicted molar refractivity (Wildman–Crippen MR) is 94.5 cm³/mol. The highest BCUT2D eigenvalue weighted by Crippen LogP contribution is 2.21. The zero-order chi connectivity index (χ0) is 16.1. The molecule has 2 aromatic rings. The van der Waals surface area contributed by atoms with Gasteiger partial charge in [0.25, 0.3) is 0 Å². The van der Waals surface area contributed by atoms with Crippen LogP contribution in [0.2, 0.25) is 0 Å². The van der Waals surface area contributed by atoms with Gasteiger partial charge in [-0.05, 0) is 42.8 Å². The summed E-state index contributed by atoms with van der Waals surface area (Å²) < 4.78 is 2.26. The molecule has 0 saturated carbocycles. The van der Waals surface area contributed by atoms with Crippen LogP contribution in [-0.4, -0.2) is 35.2 Å². The molecule has 1 N–H and O–H groups in total. The van der Waals surface area contributed by atoms with Crippen LogP contribution in [-0.2, 0) is 0 Å². The summed E-state index contributed by atoms with van der Waals surface area (Å²) in [6, 6.07) is 8.22. The quantitative estimate of drug-likeness (QED) is 0.651. The van der Waals surface area contributed by atoms with Crippen molar-refractivity contribution in [2.24, 2.45) is 5.10 Å². The fourth-order valence-corrected chi connectivity index (χ4v) is 2.50. The van der Waals surface area contributed by atoms with E-state index in [9.17, 15) is 0 Å². The second-order valence-electron chi connectivity index (χ2n) is 5.44. The maximum absolute atomic E-state index is 5.28.